The summed E-state index contributed by atoms with van der Waals surface area (Å²) in [7, 11) is 0. The SMILES string of the molecule is S=C(NCCCc1ccccc1)Nc1nc(N2CCCC2)cc(N2CCc3ccccc3C2)n1. The molecule has 3 aromatic rings. The molecule has 0 aliphatic carbocycles. The topological polar surface area (TPSA) is 56.3 Å². The van der Waals surface area contributed by atoms with Gasteiger partial charge in [-0.05, 0) is 61.0 Å². The van der Waals surface area contributed by atoms with Crippen molar-refractivity contribution in [3.63, 3.8) is 0 Å². The minimum absolute atomic E-state index is 0.568. The first-order chi connectivity index (χ1) is 16.7. The van der Waals surface area contributed by atoms with Crippen LogP contribution in [0.15, 0.2) is 60.7 Å². The van der Waals surface area contributed by atoms with Crippen molar-refractivity contribution in [1.29, 1.82) is 0 Å². The predicted octanol–water partition coefficient (Wildman–Crippen LogP) is 4.56. The van der Waals surface area contributed by atoms with Gasteiger partial charge >= 0.3 is 0 Å². The smallest absolute Gasteiger partial charge is 0.232 e. The summed E-state index contributed by atoms with van der Waals surface area (Å²) in [5, 5.41) is 7.13. The molecule has 2 aromatic carbocycles. The fourth-order valence-corrected chi connectivity index (χ4v) is 4.92. The Hall–Kier alpha value is -3.19. The summed E-state index contributed by atoms with van der Waals surface area (Å²) < 4.78 is 0. The molecule has 0 amide bonds. The molecule has 0 bridgehead atoms. The summed E-state index contributed by atoms with van der Waals surface area (Å²) in [4.78, 5) is 14.4. The third kappa shape index (κ3) is 5.65. The van der Waals surface area contributed by atoms with Crippen LogP contribution >= 0.6 is 12.2 Å². The van der Waals surface area contributed by atoms with E-state index in [4.69, 9.17) is 22.2 Å². The molecule has 2 aliphatic rings. The number of benzene rings is 2. The summed E-state index contributed by atoms with van der Waals surface area (Å²) >= 11 is 5.57. The number of fused-ring (bicyclic) bond motifs is 1. The molecule has 5 rings (SSSR count). The zero-order valence-electron chi connectivity index (χ0n) is 19.5. The summed E-state index contributed by atoms with van der Waals surface area (Å²) in [5.74, 6) is 2.51. The van der Waals surface area contributed by atoms with E-state index in [1.807, 2.05) is 6.07 Å². The molecule has 34 heavy (non-hydrogen) atoms. The zero-order chi connectivity index (χ0) is 23.2. The van der Waals surface area contributed by atoms with Gasteiger partial charge in [0, 0.05) is 38.8 Å². The average molecular weight is 473 g/mol. The van der Waals surface area contributed by atoms with Gasteiger partial charge in [-0.1, -0.05) is 54.6 Å². The fraction of sp³-hybridized carbons (Fsp3) is 0.370. The lowest BCUT2D eigenvalue weighted by atomic mass is 10.00. The van der Waals surface area contributed by atoms with Crippen LogP contribution in [0.4, 0.5) is 17.6 Å². The van der Waals surface area contributed by atoms with E-state index in [0.29, 0.717) is 11.1 Å². The Morgan fingerprint density at radius 3 is 2.35 bits per heavy atom. The largest absolute Gasteiger partial charge is 0.362 e. The van der Waals surface area contributed by atoms with Crippen molar-refractivity contribution in [1.82, 2.24) is 15.3 Å². The Bertz CT molecular complexity index is 1110. The van der Waals surface area contributed by atoms with Crippen molar-refractivity contribution >= 4 is 34.9 Å². The summed E-state index contributed by atoms with van der Waals surface area (Å²) in [6, 6.07) is 21.4. The third-order valence-corrected chi connectivity index (χ3v) is 6.83. The van der Waals surface area contributed by atoms with Crippen molar-refractivity contribution < 1.29 is 0 Å². The number of rotatable bonds is 7. The molecular formula is C27H32N6S. The Morgan fingerprint density at radius 1 is 0.853 bits per heavy atom. The van der Waals surface area contributed by atoms with Crippen LogP contribution in [-0.4, -0.2) is 41.3 Å². The number of aryl methyl sites for hydroxylation is 1. The first kappa shape index (κ1) is 22.6. The van der Waals surface area contributed by atoms with Crippen LogP contribution in [0.2, 0.25) is 0 Å². The predicted molar refractivity (Wildman–Crippen MR) is 144 cm³/mol. The molecule has 0 unspecified atom stereocenters. The van der Waals surface area contributed by atoms with Gasteiger partial charge in [-0.2, -0.15) is 9.97 Å². The molecule has 2 N–H and O–H groups in total. The van der Waals surface area contributed by atoms with Crippen LogP contribution in [0.5, 0.6) is 0 Å². The molecule has 3 heterocycles. The van der Waals surface area contributed by atoms with Gasteiger partial charge in [-0.25, -0.2) is 0 Å². The average Bonchev–Trinajstić information content (AvgIpc) is 3.42. The minimum atomic E-state index is 0.568. The van der Waals surface area contributed by atoms with Crippen LogP contribution in [0.25, 0.3) is 0 Å². The standard InChI is InChI=1S/C27H32N6S/c34-27(28-15-8-11-21-9-2-1-3-10-21)31-26-29-24(32-16-6-7-17-32)19-25(30-26)33-18-14-22-12-4-5-13-23(22)20-33/h1-5,9-10,12-13,19H,6-8,11,14-18,20H2,(H2,28,29,30,31,34). The first-order valence-electron chi connectivity index (χ1n) is 12.3. The Balaban J connectivity index is 1.25. The van der Waals surface area contributed by atoms with Gasteiger partial charge in [0.2, 0.25) is 5.95 Å². The lowest BCUT2D eigenvalue weighted by Gasteiger charge is -2.30. The highest BCUT2D eigenvalue weighted by atomic mass is 32.1. The van der Waals surface area contributed by atoms with E-state index in [9.17, 15) is 0 Å². The summed E-state index contributed by atoms with van der Waals surface area (Å²) in [6.07, 6.45) is 5.49. The van der Waals surface area contributed by atoms with Gasteiger partial charge in [0.05, 0.1) is 0 Å². The molecule has 1 saturated heterocycles. The van der Waals surface area contributed by atoms with Gasteiger partial charge < -0.3 is 20.4 Å². The maximum Gasteiger partial charge on any atom is 0.232 e. The monoisotopic (exact) mass is 472 g/mol. The van der Waals surface area contributed by atoms with Gasteiger partial charge in [0.1, 0.15) is 11.6 Å². The molecule has 1 aromatic heterocycles. The second-order valence-corrected chi connectivity index (χ2v) is 9.42. The number of aromatic nitrogens is 2. The van der Waals surface area contributed by atoms with Crippen LogP contribution in [0.1, 0.15) is 36.0 Å². The molecule has 1 fully saturated rings. The number of thiocarbonyl (C=S) groups is 1. The van der Waals surface area contributed by atoms with Crippen molar-refractivity contribution in [2.45, 2.75) is 38.6 Å². The first-order valence-corrected chi connectivity index (χ1v) is 12.7. The lowest BCUT2D eigenvalue weighted by Crippen LogP contribution is -2.33. The van der Waals surface area contributed by atoms with Gasteiger partial charge in [0.25, 0.3) is 0 Å². The van der Waals surface area contributed by atoms with E-state index in [2.05, 4.69) is 75.0 Å². The van der Waals surface area contributed by atoms with E-state index in [1.165, 1.54) is 29.5 Å². The Morgan fingerprint density at radius 2 is 1.56 bits per heavy atom. The Labute approximate surface area is 207 Å². The van der Waals surface area contributed by atoms with Crippen molar-refractivity contribution in [3.05, 3.63) is 77.4 Å². The number of nitrogens with zero attached hydrogens (tertiary/aromatic N) is 4. The third-order valence-electron chi connectivity index (χ3n) is 6.58. The van der Waals surface area contributed by atoms with Crippen LogP contribution < -0.4 is 20.4 Å². The second-order valence-electron chi connectivity index (χ2n) is 9.01. The number of anilines is 3. The van der Waals surface area contributed by atoms with Gasteiger partial charge in [-0.15, -0.1) is 0 Å². The van der Waals surface area contributed by atoms with E-state index in [0.717, 1.165) is 63.6 Å². The van der Waals surface area contributed by atoms with E-state index in [-0.39, 0.29) is 0 Å². The summed E-state index contributed by atoms with van der Waals surface area (Å²) in [6.45, 7) is 4.72. The fourth-order valence-electron chi connectivity index (χ4n) is 4.72. The van der Waals surface area contributed by atoms with Crippen LogP contribution in [0.3, 0.4) is 0 Å². The molecule has 0 saturated carbocycles. The molecule has 0 radical (unpaired) electrons. The summed E-state index contributed by atoms with van der Waals surface area (Å²) in [5.41, 5.74) is 4.16. The highest BCUT2D eigenvalue weighted by Crippen LogP contribution is 2.28. The molecule has 0 spiro atoms. The molecule has 7 heteroatoms. The lowest BCUT2D eigenvalue weighted by molar-refractivity contribution is 0.719. The maximum atomic E-state index is 5.57. The minimum Gasteiger partial charge on any atom is -0.362 e. The highest BCUT2D eigenvalue weighted by Gasteiger charge is 2.21. The van der Waals surface area contributed by atoms with Crippen molar-refractivity contribution in [2.24, 2.45) is 0 Å². The quantitative estimate of drug-likeness (QED) is 0.386. The van der Waals surface area contributed by atoms with Crippen molar-refractivity contribution in [2.75, 3.05) is 41.3 Å². The Kier molecular flexibility index (Phi) is 7.19. The molecular weight excluding hydrogens is 440 g/mol. The molecule has 2 aliphatic heterocycles. The highest BCUT2D eigenvalue weighted by molar-refractivity contribution is 7.80. The number of nitrogens with one attached hydrogen (secondary N) is 2. The van der Waals surface area contributed by atoms with Gasteiger partial charge in [0.15, 0.2) is 5.11 Å². The van der Waals surface area contributed by atoms with E-state index >= 15 is 0 Å². The molecule has 0 atom stereocenters. The molecule has 6 nitrogen and oxygen atoms in total. The van der Waals surface area contributed by atoms with Crippen LogP contribution in [-0.2, 0) is 19.4 Å². The van der Waals surface area contributed by atoms with Crippen molar-refractivity contribution in [3.8, 4) is 0 Å². The van der Waals surface area contributed by atoms with E-state index in [1.54, 1.807) is 0 Å². The molecule has 176 valence electrons. The maximum absolute atomic E-state index is 5.57. The second kappa shape index (κ2) is 10.8. The van der Waals surface area contributed by atoms with E-state index < -0.39 is 0 Å². The van der Waals surface area contributed by atoms with Gasteiger partial charge in [-0.3, -0.25) is 0 Å². The number of hydrogen-bond acceptors (Lipinski definition) is 5. The normalized spacial score (nSPS) is 15.2. The van der Waals surface area contributed by atoms with Crippen LogP contribution in [0, 0.1) is 0 Å². The zero-order valence-corrected chi connectivity index (χ0v) is 20.4. The number of hydrogen-bond donors (Lipinski definition) is 2.